The fraction of sp³-hybridized carbons (Fsp3) is 0.167. The number of benzene rings is 2. The van der Waals surface area contributed by atoms with Gasteiger partial charge in [0, 0.05) is 0 Å². The first-order valence-electron chi connectivity index (χ1n) is 10.1. The molecular weight excluding hydrogens is 458 g/mol. The van der Waals surface area contributed by atoms with Crippen molar-refractivity contribution in [1.82, 2.24) is 9.55 Å². The summed E-state index contributed by atoms with van der Waals surface area (Å²) in [5.74, 6) is -0.864. The Morgan fingerprint density at radius 2 is 1.85 bits per heavy atom. The average Bonchev–Trinajstić information content (AvgIpc) is 3.26. The number of hydrogen-bond donors (Lipinski definition) is 1. The number of carbonyl (C=O) groups excluding carboxylic acids is 2. The second-order valence-corrected chi connectivity index (χ2v) is 9.25. The Balaban J connectivity index is 1.65. The van der Waals surface area contributed by atoms with Gasteiger partial charge in [0.2, 0.25) is 5.91 Å². The molecule has 0 aliphatic heterocycles. The number of anilines is 1. The van der Waals surface area contributed by atoms with Crippen molar-refractivity contribution in [2.24, 2.45) is 0 Å². The largest absolute Gasteiger partial charge is 0.465 e. The lowest BCUT2D eigenvalue weighted by molar-refractivity contribution is -0.113. The number of rotatable bonds is 6. The molecule has 0 aliphatic carbocycles. The smallest absolute Gasteiger partial charge is 0.339 e. The minimum absolute atomic E-state index is 0.00237. The zero-order valence-electron chi connectivity index (χ0n) is 18.2. The maximum absolute atomic E-state index is 13.3. The molecule has 168 valence electrons. The van der Waals surface area contributed by atoms with E-state index in [1.54, 1.807) is 34.9 Å². The number of amides is 1. The average molecular weight is 480 g/mol. The van der Waals surface area contributed by atoms with Gasteiger partial charge in [0.05, 0.1) is 35.3 Å². The van der Waals surface area contributed by atoms with Crippen molar-refractivity contribution in [2.45, 2.75) is 19.0 Å². The molecule has 7 nitrogen and oxygen atoms in total. The van der Waals surface area contributed by atoms with Crippen molar-refractivity contribution in [3.8, 4) is 5.69 Å². The first-order valence-corrected chi connectivity index (χ1v) is 11.9. The Morgan fingerprint density at radius 1 is 1.12 bits per heavy atom. The van der Waals surface area contributed by atoms with Crippen LogP contribution in [-0.2, 0) is 9.53 Å². The number of nitrogens with zero attached hydrogens (tertiary/aromatic N) is 2. The van der Waals surface area contributed by atoms with E-state index in [1.165, 1.54) is 18.4 Å². The summed E-state index contributed by atoms with van der Waals surface area (Å²) in [6.07, 6.45) is 0. The molecule has 0 saturated carbocycles. The Labute approximate surface area is 198 Å². The van der Waals surface area contributed by atoms with Crippen LogP contribution >= 0.6 is 23.1 Å². The molecule has 2 aromatic carbocycles. The predicted molar refractivity (Wildman–Crippen MR) is 132 cm³/mol. The summed E-state index contributed by atoms with van der Waals surface area (Å²) in [5, 5.41) is 5.00. The van der Waals surface area contributed by atoms with E-state index < -0.39 is 5.97 Å². The normalized spacial score (nSPS) is 10.9. The van der Waals surface area contributed by atoms with Crippen LogP contribution in [0.25, 0.3) is 15.9 Å². The SMILES string of the molecule is COC(=O)c1ccccc1NC(=O)CSc1nc2ccsc2c(=O)n1-c1cc(C)cc(C)c1. The zero-order chi connectivity index (χ0) is 23.5. The minimum Gasteiger partial charge on any atom is -0.465 e. The van der Waals surface area contributed by atoms with Gasteiger partial charge in [-0.3, -0.25) is 14.2 Å². The number of aromatic nitrogens is 2. The molecular formula is C24H21N3O4S2. The molecule has 4 aromatic rings. The molecule has 0 aliphatic rings. The molecule has 4 rings (SSSR count). The molecule has 2 aromatic heterocycles. The van der Waals surface area contributed by atoms with Crippen LogP contribution in [0, 0.1) is 13.8 Å². The zero-order valence-corrected chi connectivity index (χ0v) is 19.9. The van der Waals surface area contributed by atoms with Gasteiger partial charge in [0.25, 0.3) is 5.56 Å². The van der Waals surface area contributed by atoms with Gasteiger partial charge in [0.15, 0.2) is 5.16 Å². The maximum atomic E-state index is 13.3. The summed E-state index contributed by atoms with van der Waals surface area (Å²) in [6.45, 7) is 3.94. The number of aryl methyl sites for hydroxylation is 2. The number of fused-ring (bicyclic) bond motifs is 1. The van der Waals surface area contributed by atoms with Gasteiger partial charge >= 0.3 is 5.97 Å². The van der Waals surface area contributed by atoms with Crippen LogP contribution in [0.15, 0.2) is 63.9 Å². The summed E-state index contributed by atoms with van der Waals surface area (Å²) in [4.78, 5) is 42.6. The van der Waals surface area contributed by atoms with Crippen molar-refractivity contribution >= 4 is 50.9 Å². The highest BCUT2D eigenvalue weighted by Crippen LogP contribution is 2.25. The third kappa shape index (κ3) is 4.84. The topological polar surface area (TPSA) is 90.3 Å². The van der Waals surface area contributed by atoms with Crippen LogP contribution in [0.5, 0.6) is 0 Å². The van der Waals surface area contributed by atoms with E-state index in [0.717, 1.165) is 22.9 Å². The highest BCUT2D eigenvalue weighted by molar-refractivity contribution is 7.99. The van der Waals surface area contributed by atoms with Gasteiger partial charge < -0.3 is 10.1 Å². The van der Waals surface area contributed by atoms with Crippen molar-refractivity contribution in [3.63, 3.8) is 0 Å². The second kappa shape index (κ2) is 9.60. The standard InChI is InChI=1S/C24H21N3O4S2/c1-14-10-15(2)12-16(11-14)27-22(29)21-19(8-9-32-21)26-24(27)33-13-20(28)25-18-7-5-4-6-17(18)23(30)31-3/h4-12H,13H2,1-3H3,(H,25,28). The number of nitrogens with one attached hydrogen (secondary N) is 1. The summed E-state index contributed by atoms with van der Waals surface area (Å²) in [7, 11) is 1.29. The molecule has 0 radical (unpaired) electrons. The van der Waals surface area contributed by atoms with Crippen LogP contribution < -0.4 is 10.9 Å². The van der Waals surface area contributed by atoms with E-state index in [4.69, 9.17) is 4.74 Å². The highest BCUT2D eigenvalue weighted by atomic mass is 32.2. The van der Waals surface area contributed by atoms with Crippen LogP contribution in [-0.4, -0.2) is 34.3 Å². The van der Waals surface area contributed by atoms with E-state index in [-0.39, 0.29) is 22.8 Å². The van der Waals surface area contributed by atoms with E-state index in [9.17, 15) is 14.4 Å². The molecule has 1 amide bonds. The number of thiophene rings is 1. The minimum atomic E-state index is -0.535. The molecule has 0 spiro atoms. The van der Waals surface area contributed by atoms with Crippen LogP contribution in [0.1, 0.15) is 21.5 Å². The fourth-order valence-electron chi connectivity index (χ4n) is 3.49. The molecule has 9 heteroatoms. The van der Waals surface area contributed by atoms with E-state index in [0.29, 0.717) is 26.7 Å². The number of hydrogen-bond acceptors (Lipinski definition) is 7. The number of esters is 1. The van der Waals surface area contributed by atoms with Crippen LogP contribution in [0.3, 0.4) is 0 Å². The molecule has 1 N–H and O–H groups in total. The summed E-state index contributed by atoms with van der Waals surface area (Å²) < 4.78 is 6.90. The van der Waals surface area contributed by atoms with Crippen molar-refractivity contribution < 1.29 is 14.3 Å². The van der Waals surface area contributed by atoms with Crippen molar-refractivity contribution in [3.05, 3.63) is 81.0 Å². The Hall–Kier alpha value is -3.43. The van der Waals surface area contributed by atoms with E-state index in [2.05, 4.69) is 10.3 Å². The van der Waals surface area contributed by atoms with Gasteiger partial charge in [-0.2, -0.15) is 0 Å². The summed E-state index contributed by atoms with van der Waals surface area (Å²) >= 11 is 2.51. The lowest BCUT2D eigenvalue weighted by Gasteiger charge is -2.14. The quantitative estimate of drug-likeness (QED) is 0.247. The van der Waals surface area contributed by atoms with Gasteiger partial charge in [-0.1, -0.05) is 30.0 Å². The first-order chi connectivity index (χ1) is 15.9. The first kappa shape index (κ1) is 22.8. The molecule has 33 heavy (non-hydrogen) atoms. The molecule has 0 unspecified atom stereocenters. The lowest BCUT2D eigenvalue weighted by Crippen LogP contribution is -2.22. The molecule has 2 heterocycles. The van der Waals surface area contributed by atoms with E-state index >= 15 is 0 Å². The number of carbonyl (C=O) groups is 2. The lowest BCUT2D eigenvalue weighted by atomic mass is 10.1. The Kier molecular flexibility index (Phi) is 6.62. The third-order valence-corrected chi connectivity index (χ3v) is 6.68. The molecule has 0 fully saturated rings. The van der Waals surface area contributed by atoms with Gasteiger partial charge in [0.1, 0.15) is 4.70 Å². The van der Waals surface area contributed by atoms with Crippen LogP contribution in [0.4, 0.5) is 5.69 Å². The molecule has 0 atom stereocenters. The molecule has 0 bridgehead atoms. The van der Waals surface area contributed by atoms with Crippen LogP contribution in [0.2, 0.25) is 0 Å². The molecule has 0 saturated heterocycles. The summed E-state index contributed by atoms with van der Waals surface area (Å²) in [6, 6.07) is 14.3. The fourth-order valence-corrected chi connectivity index (χ4v) is 5.06. The van der Waals surface area contributed by atoms with Gasteiger partial charge in [-0.15, -0.1) is 11.3 Å². The number of methoxy groups -OCH3 is 1. The maximum Gasteiger partial charge on any atom is 0.339 e. The van der Waals surface area contributed by atoms with E-state index in [1.807, 2.05) is 37.4 Å². The van der Waals surface area contributed by atoms with Crippen molar-refractivity contribution in [1.29, 1.82) is 0 Å². The number of ether oxygens (including phenoxy) is 1. The predicted octanol–water partition coefficient (Wildman–Crippen LogP) is 4.58. The third-order valence-electron chi connectivity index (χ3n) is 4.85. The monoisotopic (exact) mass is 479 g/mol. The summed E-state index contributed by atoms with van der Waals surface area (Å²) in [5.41, 5.74) is 3.82. The number of thioether (sulfide) groups is 1. The Morgan fingerprint density at radius 3 is 2.58 bits per heavy atom. The van der Waals surface area contributed by atoms with Crippen molar-refractivity contribution in [2.75, 3.05) is 18.2 Å². The van der Waals surface area contributed by atoms with Gasteiger partial charge in [-0.25, -0.2) is 9.78 Å². The second-order valence-electron chi connectivity index (χ2n) is 7.39. The van der Waals surface area contributed by atoms with Gasteiger partial charge in [-0.05, 0) is 60.7 Å². The Bertz CT molecular complexity index is 1400. The number of para-hydroxylation sites is 1. The highest BCUT2D eigenvalue weighted by Gasteiger charge is 2.18.